The standard InChI is InChI=1S/C8H17OS/c1-10(2)7-8-5-3-4-6-9-8/h8H,3-7H2,1-2H3/q+1. The van der Waals surface area contributed by atoms with Gasteiger partial charge in [0.25, 0.3) is 0 Å². The van der Waals surface area contributed by atoms with Crippen LogP contribution in [0.4, 0.5) is 0 Å². The molecule has 1 unspecified atom stereocenters. The first-order valence-electron chi connectivity index (χ1n) is 3.95. The van der Waals surface area contributed by atoms with Gasteiger partial charge in [-0.1, -0.05) is 0 Å². The molecule has 0 aromatic heterocycles. The van der Waals surface area contributed by atoms with Gasteiger partial charge in [-0.15, -0.1) is 0 Å². The van der Waals surface area contributed by atoms with Crippen LogP contribution in [0.5, 0.6) is 0 Å². The molecule has 1 aliphatic rings. The predicted octanol–water partition coefficient (Wildman–Crippen LogP) is 1.43. The van der Waals surface area contributed by atoms with Crippen molar-refractivity contribution in [1.82, 2.24) is 0 Å². The fourth-order valence-electron chi connectivity index (χ4n) is 1.31. The minimum absolute atomic E-state index is 0.562. The summed E-state index contributed by atoms with van der Waals surface area (Å²) in [6.45, 7) is 1.00. The van der Waals surface area contributed by atoms with E-state index in [-0.39, 0.29) is 0 Å². The highest BCUT2D eigenvalue weighted by Crippen LogP contribution is 2.13. The highest BCUT2D eigenvalue weighted by atomic mass is 32.2. The number of ether oxygens (including phenoxy) is 1. The molecule has 0 aliphatic carbocycles. The first-order valence-corrected chi connectivity index (χ1v) is 6.16. The summed E-state index contributed by atoms with van der Waals surface area (Å²) in [5.41, 5.74) is 0. The van der Waals surface area contributed by atoms with Crippen LogP contribution in [-0.2, 0) is 15.6 Å². The lowest BCUT2D eigenvalue weighted by Crippen LogP contribution is -2.26. The Kier molecular flexibility index (Phi) is 3.57. The molecule has 1 aliphatic heterocycles. The smallest absolute Gasteiger partial charge is 0.133 e. The van der Waals surface area contributed by atoms with Gasteiger partial charge in [0.2, 0.25) is 0 Å². The number of hydrogen-bond acceptors (Lipinski definition) is 1. The van der Waals surface area contributed by atoms with Crippen molar-refractivity contribution in [2.24, 2.45) is 0 Å². The van der Waals surface area contributed by atoms with Crippen LogP contribution in [0, 0.1) is 0 Å². The van der Waals surface area contributed by atoms with Crippen LogP contribution in [0.1, 0.15) is 19.3 Å². The summed E-state index contributed by atoms with van der Waals surface area (Å²) >= 11 is 0. The molecule has 10 heavy (non-hydrogen) atoms. The SMILES string of the molecule is C[S+](C)CC1CCCCO1. The first-order chi connectivity index (χ1) is 4.79. The Labute approximate surface area is 66.5 Å². The summed E-state index contributed by atoms with van der Waals surface area (Å²) in [4.78, 5) is 0. The second-order valence-electron chi connectivity index (χ2n) is 3.14. The molecule has 0 saturated carbocycles. The van der Waals surface area contributed by atoms with E-state index in [0.29, 0.717) is 17.0 Å². The van der Waals surface area contributed by atoms with Crippen molar-refractivity contribution in [2.75, 3.05) is 24.9 Å². The molecule has 0 radical (unpaired) electrons. The topological polar surface area (TPSA) is 9.23 Å². The van der Waals surface area contributed by atoms with Crippen molar-refractivity contribution in [3.63, 3.8) is 0 Å². The average Bonchev–Trinajstić information content (AvgIpc) is 1.88. The van der Waals surface area contributed by atoms with E-state index in [1.54, 1.807) is 0 Å². The third kappa shape index (κ3) is 2.93. The average molecular weight is 161 g/mol. The molecule has 0 bridgehead atoms. The summed E-state index contributed by atoms with van der Waals surface area (Å²) in [5, 5.41) is 0. The van der Waals surface area contributed by atoms with E-state index in [1.165, 1.54) is 25.0 Å². The van der Waals surface area contributed by atoms with E-state index >= 15 is 0 Å². The van der Waals surface area contributed by atoms with Crippen molar-refractivity contribution in [3.8, 4) is 0 Å². The lowest BCUT2D eigenvalue weighted by molar-refractivity contribution is 0.0312. The van der Waals surface area contributed by atoms with Crippen molar-refractivity contribution < 1.29 is 4.74 Å². The Morgan fingerprint density at radius 2 is 2.20 bits per heavy atom. The molecule has 1 heterocycles. The predicted molar refractivity (Wildman–Crippen MR) is 47.7 cm³/mol. The van der Waals surface area contributed by atoms with Gasteiger partial charge in [0, 0.05) is 6.61 Å². The van der Waals surface area contributed by atoms with Crippen LogP contribution in [0.25, 0.3) is 0 Å². The van der Waals surface area contributed by atoms with E-state index in [9.17, 15) is 0 Å². The largest absolute Gasteiger partial charge is 0.373 e. The fraction of sp³-hybridized carbons (Fsp3) is 1.00. The van der Waals surface area contributed by atoms with E-state index in [0.717, 1.165) is 6.61 Å². The highest BCUT2D eigenvalue weighted by molar-refractivity contribution is 7.95. The van der Waals surface area contributed by atoms with Gasteiger partial charge in [0.15, 0.2) is 0 Å². The van der Waals surface area contributed by atoms with Gasteiger partial charge < -0.3 is 4.74 Å². The second kappa shape index (κ2) is 4.24. The Bertz CT molecular complexity index is 87.3. The molecule has 0 aromatic carbocycles. The Balaban J connectivity index is 2.13. The molecule has 1 fully saturated rings. The second-order valence-corrected chi connectivity index (χ2v) is 5.45. The first kappa shape index (κ1) is 8.41. The molecule has 0 aromatic rings. The monoisotopic (exact) mass is 161 g/mol. The minimum Gasteiger partial charge on any atom is -0.373 e. The molecule has 1 rings (SSSR count). The van der Waals surface area contributed by atoms with E-state index in [2.05, 4.69) is 12.5 Å². The van der Waals surface area contributed by atoms with Crippen LogP contribution in [0.2, 0.25) is 0 Å². The van der Waals surface area contributed by atoms with Crippen LogP contribution in [-0.4, -0.2) is 31.0 Å². The van der Waals surface area contributed by atoms with Crippen LogP contribution in [0.15, 0.2) is 0 Å². The molecular formula is C8H17OS+. The quantitative estimate of drug-likeness (QED) is 0.557. The van der Waals surface area contributed by atoms with Gasteiger partial charge in [0.1, 0.15) is 11.9 Å². The van der Waals surface area contributed by atoms with Crippen molar-refractivity contribution in [2.45, 2.75) is 25.4 Å². The van der Waals surface area contributed by atoms with Gasteiger partial charge in [-0.05, 0) is 30.2 Å². The van der Waals surface area contributed by atoms with Crippen molar-refractivity contribution >= 4 is 10.9 Å². The maximum absolute atomic E-state index is 5.60. The van der Waals surface area contributed by atoms with E-state index in [4.69, 9.17) is 4.74 Å². The van der Waals surface area contributed by atoms with E-state index in [1.807, 2.05) is 0 Å². The summed E-state index contributed by atoms with van der Waals surface area (Å²) < 4.78 is 5.60. The molecule has 0 amide bonds. The summed E-state index contributed by atoms with van der Waals surface area (Å²) in [7, 11) is 0.562. The minimum atomic E-state index is 0.562. The van der Waals surface area contributed by atoms with Gasteiger partial charge in [-0.25, -0.2) is 0 Å². The zero-order chi connectivity index (χ0) is 7.40. The van der Waals surface area contributed by atoms with Gasteiger partial charge >= 0.3 is 0 Å². The van der Waals surface area contributed by atoms with Crippen LogP contribution < -0.4 is 0 Å². The maximum atomic E-state index is 5.60. The highest BCUT2D eigenvalue weighted by Gasteiger charge is 2.18. The van der Waals surface area contributed by atoms with E-state index < -0.39 is 0 Å². The zero-order valence-corrected chi connectivity index (χ0v) is 7.75. The Hall–Kier alpha value is 0.310. The van der Waals surface area contributed by atoms with Crippen LogP contribution >= 0.6 is 0 Å². The number of hydrogen-bond donors (Lipinski definition) is 0. The maximum Gasteiger partial charge on any atom is 0.133 e. The summed E-state index contributed by atoms with van der Waals surface area (Å²) in [6, 6.07) is 0. The Morgan fingerprint density at radius 1 is 1.40 bits per heavy atom. The molecular weight excluding hydrogens is 144 g/mol. The number of rotatable bonds is 2. The third-order valence-corrected chi connectivity index (χ3v) is 2.83. The normalized spacial score (nSPS) is 27.3. The molecule has 0 N–H and O–H groups in total. The summed E-state index contributed by atoms with van der Waals surface area (Å²) in [6.07, 6.45) is 9.12. The molecule has 1 saturated heterocycles. The third-order valence-electron chi connectivity index (χ3n) is 1.79. The lowest BCUT2D eigenvalue weighted by Gasteiger charge is -2.20. The van der Waals surface area contributed by atoms with Gasteiger partial charge in [-0.3, -0.25) is 0 Å². The van der Waals surface area contributed by atoms with Gasteiger partial charge in [-0.2, -0.15) is 0 Å². The molecule has 60 valence electrons. The van der Waals surface area contributed by atoms with Crippen molar-refractivity contribution in [3.05, 3.63) is 0 Å². The molecule has 1 nitrogen and oxygen atoms in total. The van der Waals surface area contributed by atoms with Crippen LogP contribution in [0.3, 0.4) is 0 Å². The fourth-order valence-corrected chi connectivity index (χ4v) is 2.32. The zero-order valence-electron chi connectivity index (χ0n) is 6.93. The Morgan fingerprint density at radius 3 is 2.70 bits per heavy atom. The molecule has 2 heteroatoms. The lowest BCUT2D eigenvalue weighted by atomic mass is 10.1. The molecule has 0 spiro atoms. The van der Waals surface area contributed by atoms with Gasteiger partial charge in [0.05, 0.1) is 12.5 Å². The summed E-state index contributed by atoms with van der Waals surface area (Å²) in [5.74, 6) is 1.28. The van der Waals surface area contributed by atoms with Crippen molar-refractivity contribution in [1.29, 1.82) is 0 Å². The molecule has 1 atom stereocenters.